The van der Waals surface area contributed by atoms with Crippen LogP contribution in [0.3, 0.4) is 0 Å². The maximum Gasteiger partial charge on any atom is 0.254 e. The normalized spacial score (nSPS) is 16.6. The van der Waals surface area contributed by atoms with Gasteiger partial charge in [0.2, 0.25) is 0 Å². The first-order valence-corrected chi connectivity index (χ1v) is 9.36. The zero-order valence-electron chi connectivity index (χ0n) is 14.2. The van der Waals surface area contributed by atoms with Crippen molar-refractivity contribution in [2.75, 3.05) is 19.4 Å². The van der Waals surface area contributed by atoms with Gasteiger partial charge in [-0.25, -0.2) is 4.98 Å². The minimum Gasteiger partial charge on any atom is -0.378 e. The molecule has 1 N–H and O–H groups in total. The summed E-state index contributed by atoms with van der Waals surface area (Å²) >= 11 is 8.06. The fraction of sp³-hybridized carbons (Fsp3) is 0.444. The number of nitrogens with one attached hydrogen (secondary N) is 1. The van der Waals surface area contributed by atoms with Crippen LogP contribution in [0.15, 0.2) is 18.2 Å². The van der Waals surface area contributed by atoms with Gasteiger partial charge >= 0.3 is 0 Å². The summed E-state index contributed by atoms with van der Waals surface area (Å²) in [7, 11) is 3.44. The Balaban J connectivity index is 1.67. The molecule has 4 nitrogen and oxygen atoms in total. The standard InChI is InChI=1S/C18H22ClN3OS/c1-11-4-7-15-16(8-11)24-17(21-15)10-20-12-5-6-13(14(19)9-12)18(23)22(2)3/h5-6,9,11,20H,4,7-8,10H2,1-3H3. The number of aromatic nitrogens is 1. The van der Waals surface area contributed by atoms with E-state index in [4.69, 9.17) is 16.6 Å². The minimum atomic E-state index is -0.0896. The summed E-state index contributed by atoms with van der Waals surface area (Å²) in [5, 5.41) is 4.93. The Kier molecular flexibility index (Phi) is 5.11. The van der Waals surface area contributed by atoms with Gasteiger partial charge < -0.3 is 10.2 Å². The number of anilines is 1. The number of amides is 1. The molecule has 128 valence electrons. The van der Waals surface area contributed by atoms with E-state index in [1.807, 2.05) is 17.4 Å². The summed E-state index contributed by atoms with van der Waals surface area (Å²) in [5.41, 5.74) is 2.70. The van der Waals surface area contributed by atoms with Crippen LogP contribution in [-0.4, -0.2) is 29.9 Å². The van der Waals surface area contributed by atoms with Crippen LogP contribution in [0.1, 0.15) is 39.3 Å². The van der Waals surface area contributed by atoms with E-state index in [1.54, 1.807) is 26.2 Å². The van der Waals surface area contributed by atoms with E-state index in [9.17, 15) is 4.79 Å². The van der Waals surface area contributed by atoms with E-state index in [1.165, 1.54) is 21.9 Å². The molecule has 1 aromatic carbocycles. The monoisotopic (exact) mass is 363 g/mol. The number of aryl methyl sites for hydroxylation is 1. The van der Waals surface area contributed by atoms with Crippen LogP contribution in [0.5, 0.6) is 0 Å². The Hall–Kier alpha value is -1.59. The number of hydrogen-bond donors (Lipinski definition) is 1. The van der Waals surface area contributed by atoms with Crippen LogP contribution in [0.4, 0.5) is 5.69 Å². The molecule has 0 saturated carbocycles. The molecule has 1 atom stereocenters. The fourth-order valence-electron chi connectivity index (χ4n) is 2.89. The van der Waals surface area contributed by atoms with Gasteiger partial charge in [0.25, 0.3) is 5.91 Å². The number of thiazole rings is 1. The van der Waals surface area contributed by atoms with E-state index in [0.29, 0.717) is 17.1 Å². The predicted molar refractivity (Wildman–Crippen MR) is 100 cm³/mol. The number of carbonyl (C=O) groups excluding carboxylic acids is 1. The van der Waals surface area contributed by atoms with Crippen LogP contribution >= 0.6 is 22.9 Å². The number of fused-ring (bicyclic) bond motifs is 1. The quantitative estimate of drug-likeness (QED) is 0.883. The van der Waals surface area contributed by atoms with Gasteiger partial charge in [-0.3, -0.25) is 4.79 Å². The van der Waals surface area contributed by atoms with Crippen molar-refractivity contribution in [1.82, 2.24) is 9.88 Å². The molecular formula is C18H22ClN3OS. The van der Waals surface area contributed by atoms with Gasteiger partial charge in [0, 0.05) is 24.7 Å². The molecule has 2 aromatic rings. The number of benzene rings is 1. The summed E-state index contributed by atoms with van der Waals surface area (Å²) < 4.78 is 0. The highest BCUT2D eigenvalue weighted by atomic mass is 35.5. The summed E-state index contributed by atoms with van der Waals surface area (Å²) in [4.78, 5) is 19.7. The van der Waals surface area contributed by atoms with Crippen molar-refractivity contribution in [2.24, 2.45) is 5.92 Å². The molecule has 0 saturated heterocycles. The topological polar surface area (TPSA) is 45.2 Å². The van der Waals surface area contributed by atoms with Crippen LogP contribution in [-0.2, 0) is 19.4 Å². The van der Waals surface area contributed by atoms with Gasteiger partial charge in [-0.2, -0.15) is 0 Å². The highest BCUT2D eigenvalue weighted by Gasteiger charge is 2.19. The zero-order valence-corrected chi connectivity index (χ0v) is 15.8. The Morgan fingerprint density at radius 3 is 2.96 bits per heavy atom. The molecule has 1 aromatic heterocycles. The smallest absolute Gasteiger partial charge is 0.254 e. The number of hydrogen-bond acceptors (Lipinski definition) is 4. The van der Waals surface area contributed by atoms with Gasteiger partial charge in [0.15, 0.2) is 0 Å². The van der Waals surface area contributed by atoms with Crippen LogP contribution in [0, 0.1) is 5.92 Å². The summed E-state index contributed by atoms with van der Waals surface area (Å²) in [6.45, 7) is 2.99. The van der Waals surface area contributed by atoms with Crippen LogP contribution < -0.4 is 5.32 Å². The van der Waals surface area contributed by atoms with Gasteiger partial charge in [-0.05, 0) is 43.4 Å². The lowest BCUT2D eigenvalue weighted by molar-refractivity contribution is 0.0828. The average molecular weight is 364 g/mol. The molecule has 0 spiro atoms. The lowest BCUT2D eigenvalue weighted by Gasteiger charge is -2.15. The van der Waals surface area contributed by atoms with Crippen molar-refractivity contribution in [3.63, 3.8) is 0 Å². The first-order valence-electron chi connectivity index (χ1n) is 8.16. The first-order chi connectivity index (χ1) is 11.4. The van der Waals surface area contributed by atoms with Crippen molar-refractivity contribution in [3.05, 3.63) is 44.4 Å². The Morgan fingerprint density at radius 1 is 1.46 bits per heavy atom. The van der Waals surface area contributed by atoms with E-state index < -0.39 is 0 Å². The maximum absolute atomic E-state index is 12.0. The molecule has 1 unspecified atom stereocenters. The van der Waals surface area contributed by atoms with Gasteiger partial charge in [-0.15, -0.1) is 11.3 Å². The van der Waals surface area contributed by atoms with Gasteiger partial charge in [0.1, 0.15) is 5.01 Å². The predicted octanol–water partition coefficient (Wildman–Crippen LogP) is 4.24. The molecular weight excluding hydrogens is 342 g/mol. The van der Waals surface area contributed by atoms with Gasteiger partial charge in [-0.1, -0.05) is 18.5 Å². The highest BCUT2D eigenvalue weighted by Crippen LogP contribution is 2.30. The molecule has 24 heavy (non-hydrogen) atoms. The van der Waals surface area contributed by atoms with Crippen molar-refractivity contribution >= 4 is 34.5 Å². The molecule has 0 fully saturated rings. The molecule has 1 amide bonds. The average Bonchev–Trinajstić information content (AvgIpc) is 2.94. The van der Waals surface area contributed by atoms with E-state index in [-0.39, 0.29) is 5.91 Å². The van der Waals surface area contributed by atoms with Crippen molar-refractivity contribution in [1.29, 1.82) is 0 Å². The lowest BCUT2D eigenvalue weighted by Crippen LogP contribution is -2.22. The molecule has 6 heteroatoms. The van der Waals surface area contributed by atoms with Crippen molar-refractivity contribution < 1.29 is 4.79 Å². The summed E-state index contributed by atoms with van der Waals surface area (Å²) in [6.07, 6.45) is 3.49. The molecule has 1 aliphatic rings. The third-order valence-electron chi connectivity index (χ3n) is 4.28. The SMILES string of the molecule is CC1CCc2nc(CNc3ccc(C(=O)N(C)C)c(Cl)c3)sc2C1. The second-order valence-electron chi connectivity index (χ2n) is 6.57. The zero-order chi connectivity index (χ0) is 17.3. The molecule has 0 bridgehead atoms. The molecule has 3 rings (SSSR count). The number of rotatable bonds is 4. The molecule has 0 radical (unpaired) electrons. The largest absolute Gasteiger partial charge is 0.378 e. The van der Waals surface area contributed by atoms with Crippen LogP contribution in [0.25, 0.3) is 0 Å². The first kappa shape index (κ1) is 17.2. The number of carbonyl (C=O) groups is 1. The third kappa shape index (κ3) is 3.73. The van der Waals surface area contributed by atoms with Gasteiger partial charge in [0.05, 0.1) is 22.8 Å². The fourth-order valence-corrected chi connectivity index (χ4v) is 4.37. The molecule has 0 aliphatic heterocycles. The molecule has 1 heterocycles. The van der Waals surface area contributed by atoms with Crippen molar-refractivity contribution in [3.8, 4) is 0 Å². The Labute approximate surface area is 151 Å². The summed E-state index contributed by atoms with van der Waals surface area (Å²) in [6, 6.07) is 5.45. The van der Waals surface area contributed by atoms with Crippen LogP contribution in [0.2, 0.25) is 5.02 Å². The third-order valence-corrected chi connectivity index (χ3v) is 5.71. The van der Waals surface area contributed by atoms with Crippen molar-refractivity contribution in [2.45, 2.75) is 32.7 Å². The molecule has 1 aliphatic carbocycles. The second-order valence-corrected chi connectivity index (χ2v) is 8.15. The second kappa shape index (κ2) is 7.11. The minimum absolute atomic E-state index is 0.0896. The maximum atomic E-state index is 12.0. The summed E-state index contributed by atoms with van der Waals surface area (Å²) in [5.74, 6) is 0.674. The number of halogens is 1. The number of nitrogens with zero attached hydrogens (tertiary/aromatic N) is 2. The van der Waals surface area contributed by atoms with E-state index >= 15 is 0 Å². The van der Waals surface area contributed by atoms with E-state index in [0.717, 1.165) is 29.5 Å². The van der Waals surface area contributed by atoms with E-state index in [2.05, 4.69) is 12.2 Å². The Morgan fingerprint density at radius 2 is 2.25 bits per heavy atom. The Bertz CT molecular complexity index is 757. The highest BCUT2D eigenvalue weighted by molar-refractivity contribution is 7.11. The lowest BCUT2D eigenvalue weighted by atomic mass is 9.93.